The number of sulfonamides is 1. The fourth-order valence-electron chi connectivity index (χ4n) is 3.45. The van der Waals surface area contributed by atoms with Gasteiger partial charge in [0, 0.05) is 0 Å². The Morgan fingerprint density at radius 1 is 1.16 bits per heavy atom. The van der Waals surface area contributed by atoms with E-state index in [1.54, 1.807) is 6.07 Å². The molecule has 0 radical (unpaired) electrons. The molecule has 174 valence electrons. The monoisotopic (exact) mass is 478 g/mol. The third-order valence-corrected chi connectivity index (χ3v) is 6.28. The number of benzene rings is 2. The first-order valence-electron chi connectivity index (χ1n) is 9.49. The first-order valence-corrected chi connectivity index (χ1v) is 11.0. The molecule has 1 amide bonds. The summed E-state index contributed by atoms with van der Waals surface area (Å²) in [5.41, 5.74) is 0.301. The Bertz CT molecular complexity index is 1090. The van der Waals surface area contributed by atoms with Gasteiger partial charge in [-0.2, -0.15) is 22.0 Å². The largest absolute Gasteiger partial charge is 0.435 e. The van der Waals surface area contributed by atoms with E-state index < -0.39 is 51.8 Å². The van der Waals surface area contributed by atoms with Gasteiger partial charge in [-0.25, -0.2) is 13.1 Å². The van der Waals surface area contributed by atoms with E-state index in [2.05, 4.69) is 10.1 Å². The van der Waals surface area contributed by atoms with E-state index in [4.69, 9.17) is 0 Å². The molecule has 1 aliphatic carbocycles. The van der Waals surface area contributed by atoms with Gasteiger partial charge in [0.1, 0.15) is 5.75 Å². The maximum atomic E-state index is 12.8. The van der Waals surface area contributed by atoms with Crippen LogP contribution in [-0.2, 0) is 27.4 Å². The van der Waals surface area contributed by atoms with Crippen LogP contribution in [0.1, 0.15) is 35.6 Å². The first kappa shape index (κ1) is 23.9. The molecule has 0 spiro atoms. The zero-order chi connectivity index (χ0) is 23.5. The summed E-state index contributed by atoms with van der Waals surface area (Å²) in [6.45, 7) is -3.64. The lowest BCUT2D eigenvalue weighted by Crippen LogP contribution is -2.39. The molecule has 32 heavy (non-hydrogen) atoms. The summed E-state index contributed by atoms with van der Waals surface area (Å²) in [6, 6.07) is 7.09. The van der Waals surface area contributed by atoms with E-state index in [0.717, 1.165) is 23.8 Å². The first-order chi connectivity index (χ1) is 15.0. The second-order valence-electron chi connectivity index (χ2n) is 7.10. The fourth-order valence-corrected chi connectivity index (χ4v) is 4.47. The smallest absolute Gasteiger partial charge is 0.416 e. The molecule has 12 heteroatoms. The number of alkyl halides is 5. The summed E-state index contributed by atoms with van der Waals surface area (Å²) in [6.07, 6.45) is -2.90. The van der Waals surface area contributed by atoms with Gasteiger partial charge in [0.15, 0.2) is 0 Å². The van der Waals surface area contributed by atoms with E-state index >= 15 is 0 Å². The van der Waals surface area contributed by atoms with E-state index in [9.17, 15) is 35.2 Å². The number of ether oxygens (including phenoxy) is 1. The van der Waals surface area contributed by atoms with Gasteiger partial charge < -0.3 is 10.1 Å². The lowest BCUT2D eigenvalue weighted by atomic mass is 9.87. The third-order valence-electron chi connectivity index (χ3n) is 4.88. The number of aryl methyl sites for hydroxylation is 1. The van der Waals surface area contributed by atoms with Gasteiger partial charge >= 0.3 is 12.8 Å². The molecule has 2 N–H and O–H groups in total. The summed E-state index contributed by atoms with van der Waals surface area (Å²) in [4.78, 5) is 11.7. The highest BCUT2D eigenvalue weighted by Gasteiger charge is 2.32. The maximum Gasteiger partial charge on any atom is 0.416 e. The van der Waals surface area contributed by atoms with Gasteiger partial charge in [0.25, 0.3) is 0 Å². The van der Waals surface area contributed by atoms with Crippen molar-refractivity contribution in [3.8, 4) is 5.75 Å². The minimum absolute atomic E-state index is 0.000395. The molecule has 0 aliphatic heterocycles. The van der Waals surface area contributed by atoms with Crippen molar-refractivity contribution < 1.29 is 39.9 Å². The number of nitrogens with one attached hydrogen (secondary N) is 2. The topological polar surface area (TPSA) is 84.5 Å². The van der Waals surface area contributed by atoms with Crippen LogP contribution < -0.4 is 14.8 Å². The van der Waals surface area contributed by atoms with Crippen LogP contribution in [0.5, 0.6) is 5.75 Å². The summed E-state index contributed by atoms with van der Waals surface area (Å²) < 4.78 is 94.2. The van der Waals surface area contributed by atoms with E-state index in [0.29, 0.717) is 30.9 Å². The van der Waals surface area contributed by atoms with Crippen LogP contribution in [0.15, 0.2) is 47.4 Å². The molecule has 1 atom stereocenters. The molecule has 0 saturated carbocycles. The zero-order valence-corrected chi connectivity index (χ0v) is 17.3. The van der Waals surface area contributed by atoms with Crippen LogP contribution in [-0.4, -0.2) is 27.5 Å². The summed E-state index contributed by atoms with van der Waals surface area (Å²) in [5.74, 6) is -0.689. The summed E-state index contributed by atoms with van der Waals surface area (Å²) >= 11 is 0. The molecule has 0 heterocycles. The van der Waals surface area contributed by atoms with Crippen molar-refractivity contribution in [1.82, 2.24) is 10.0 Å². The highest BCUT2D eigenvalue weighted by molar-refractivity contribution is 7.89. The maximum absolute atomic E-state index is 12.8. The standard InChI is InChI=1S/C20H19F5N2O4S/c21-19(22)31-14-7-8-16-12(9-14)3-1-6-17(16)27-18(28)11-26-32(29,30)15-5-2-4-13(10-15)20(23,24)25/h2,4-5,7-10,17,19,26H,1,3,6,11H2,(H,27,28). The van der Waals surface area contributed by atoms with Crippen molar-refractivity contribution in [3.63, 3.8) is 0 Å². The Kier molecular flexibility index (Phi) is 7.03. The highest BCUT2D eigenvalue weighted by atomic mass is 32.2. The minimum atomic E-state index is -4.71. The van der Waals surface area contributed by atoms with Gasteiger partial charge in [-0.1, -0.05) is 12.1 Å². The highest BCUT2D eigenvalue weighted by Crippen LogP contribution is 2.33. The van der Waals surface area contributed by atoms with Crippen molar-refractivity contribution in [2.45, 2.75) is 43.0 Å². The number of halogens is 5. The van der Waals surface area contributed by atoms with Crippen molar-refractivity contribution >= 4 is 15.9 Å². The van der Waals surface area contributed by atoms with Crippen LogP contribution in [0.2, 0.25) is 0 Å². The number of amides is 1. The lowest BCUT2D eigenvalue weighted by molar-refractivity contribution is -0.137. The second kappa shape index (κ2) is 9.41. The molecular weight excluding hydrogens is 459 g/mol. The minimum Gasteiger partial charge on any atom is -0.435 e. The van der Waals surface area contributed by atoms with E-state index in [1.165, 1.54) is 12.1 Å². The zero-order valence-electron chi connectivity index (χ0n) is 16.5. The molecular formula is C20H19F5N2O4S. The number of fused-ring (bicyclic) bond motifs is 1. The SMILES string of the molecule is O=C(CNS(=O)(=O)c1cccc(C(F)(F)F)c1)NC1CCCc2cc(OC(F)F)ccc21. The van der Waals surface area contributed by atoms with Crippen LogP contribution in [0.25, 0.3) is 0 Å². The van der Waals surface area contributed by atoms with Crippen molar-refractivity contribution in [3.05, 3.63) is 59.2 Å². The molecule has 0 saturated heterocycles. The van der Waals surface area contributed by atoms with Gasteiger partial charge in [-0.3, -0.25) is 4.79 Å². The number of hydrogen-bond acceptors (Lipinski definition) is 4. The fraction of sp³-hybridized carbons (Fsp3) is 0.350. The molecule has 0 aromatic heterocycles. The number of hydrogen-bond donors (Lipinski definition) is 2. The van der Waals surface area contributed by atoms with Gasteiger partial charge in [-0.05, 0) is 60.7 Å². The average Bonchev–Trinajstić information content (AvgIpc) is 2.71. The predicted molar refractivity (Wildman–Crippen MR) is 104 cm³/mol. The number of carbonyl (C=O) groups is 1. The molecule has 1 aliphatic rings. The Morgan fingerprint density at radius 3 is 2.59 bits per heavy atom. The Balaban J connectivity index is 1.65. The van der Waals surface area contributed by atoms with Crippen molar-refractivity contribution in [2.24, 2.45) is 0 Å². The molecule has 0 bridgehead atoms. The van der Waals surface area contributed by atoms with Crippen molar-refractivity contribution in [1.29, 1.82) is 0 Å². The summed E-state index contributed by atoms with van der Waals surface area (Å²) in [7, 11) is -4.36. The van der Waals surface area contributed by atoms with Crippen LogP contribution >= 0.6 is 0 Å². The number of rotatable bonds is 7. The van der Waals surface area contributed by atoms with Crippen LogP contribution in [0, 0.1) is 0 Å². The van der Waals surface area contributed by atoms with Crippen LogP contribution in [0.3, 0.4) is 0 Å². The lowest BCUT2D eigenvalue weighted by Gasteiger charge is -2.27. The van der Waals surface area contributed by atoms with E-state index in [1.807, 2.05) is 4.72 Å². The number of carbonyl (C=O) groups excluding carboxylic acids is 1. The normalized spacial score (nSPS) is 16.5. The molecule has 1 unspecified atom stereocenters. The van der Waals surface area contributed by atoms with Crippen molar-refractivity contribution in [2.75, 3.05) is 6.54 Å². The summed E-state index contributed by atoms with van der Waals surface area (Å²) in [5, 5.41) is 2.66. The second-order valence-corrected chi connectivity index (χ2v) is 8.87. The molecule has 2 aromatic rings. The van der Waals surface area contributed by atoms with Gasteiger partial charge in [0.05, 0.1) is 23.0 Å². The predicted octanol–water partition coefficient (Wildman–Crippen LogP) is 3.78. The Labute approximate surface area is 180 Å². The van der Waals surface area contributed by atoms with Gasteiger partial charge in [0.2, 0.25) is 15.9 Å². The quantitative estimate of drug-likeness (QED) is 0.594. The Hall–Kier alpha value is -2.73. The molecule has 3 rings (SSSR count). The van der Waals surface area contributed by atoms with Gasteiger partial charge in [-0.15, -0.1) is 0 Å². The third kappa shape index (κ3) is 5.94. The molecule has 6 nitrogen and oxygen atoms in total. The van der Waals surface area contributed by atoms with Crippen LogP contribution in [0.4, 0.5) is 22.0 Å². The molecule has 0 fully saturated rings. The molecule has 2 aromatic carbocycles. The average molecular weight is 478 g/mol. The van der Waals surface area contributed by atoms with E-state index in [-0.39, 0.29) is 5.75 Å². The Morgan fingerprint density at radius 2 is 1.91 bits per heavy atom.